The fraction of sp³-hybridized carbons (Fsp3) is 0.579. The smallest absolute Gasteiger partial charge is 0.227 e. The van der Waals surface area contributed by atoms with Crippen molar-refractivity contribution in [1.82, 2.24) is 9.80 Å². The van der Waals surface area contributed by atoms with E-state index in [4.69, 9.17) is 0 Å². The standard InChI is InChI=1S/C19H23FN2O2/c20-16-4-1-3-13(8-16)9-19(24)21-10-14-7-15(12-21)17-5-2-6-18(23)22(17)11-14/h1,3-4,8,14-15,17H,2,5-7,9-12H2/t14-,15-,17-/m1/s1. The van der Waals surface area contributed by atoms with Crippen LogP contribution in [0.25, 0.3) is 0 Å². The predicted octanol–water partition coefficient (Wildman–Crippen LogP) is 2.23. The summed E-state index contributed by atoms with van der Waals surface area (Å²) < 4.78 is 13.3. The monoisotopic (exact) mass is 330 g/mol. The van der Waals surface area contributed by atoms with Gasteiger partial charge >= 0.3 is 0 Å². The first-order valence-electron chi connectivity index (χ1n) is 8.92. The Labute approximate surface area is 141 Å². The fourth-order valence-corrected chi connectivity index (χ4v) is 4.75. The molecule has 0 saturated carbocycles. The molecule has 3 atom stereocenters. The van der Waals surface area contributed by atoms with Gasteiger partial charge in [0.05, 0.1) is 6.42 Å². The minimum absolute atomic E-state index is 0.0749. The van der Waals surface area contributed by atoms with Crippen LogP contribution in [0.1, 0.15) is 31.2 Å². The number of benzene rings is 1. The zero-order valence-electron chi connectivity index (χ0n) is 13.8. The molecule has 3 heterocycles. The molecule has 128 valence electrons. The van der Waals surface area contributed by atoms with Gasteiger partial charge in [-0.1, -0.05) is 12.1 Å². The zero-order valence-corrected chi connectivity index (χ0v) is 13.8. The summed E-state index contributed by atoms with van der Waals surface area (Å²) in [7, 11) is 0. The molecule has 0 aliphatic carbocycles. The van der Waals surface area contributed by atoms with Crippen molar-refractivity contribution in [3.05, 3.63) is 35.6 Å². The van der Waals surface area contributed by atoms with Crippen LogP contribution >= 0.6 is 0 Å². The van der Waals surface area contributed by atoms with Gasteiger partial charge in [0.1, 0.15) is 5.82 Å². The maximum atomic E-state index is 13.3. The van der Waals surface area contributed by atoms with Gasteiger partial charge in [0.15, 0.2) is 0 Å². The third-order valence-corrected chi connectivity index (χ3v) is 5.78. The first-order chi connectivity index (χ1) is 11.6. The molecule has 2 bridgehead atoms. The summed E-state index contributed by atoms with van der Waals surface area (Å²) in [5.41, 5.74) is 0.727. The van der Waals surface area contributed by atoms with E-state index >= 15 is 0 Å². The van der Waals surface area contributed by atoms with Crippen molar-refractivity contribution in [3.63, 3.8) is 0 Å². The number of nitrogens with zero attached hydrogens (tertiary/aromatic N) is 2. The second-order valence-electron chi connectivity index (χ2n) is 7.47. The van der Waals surface area contributed by atoms with Crippen molar-refractivity contribution in [1.29, 1.82) is 0 Å². The lowest BCUT2D eigenvalue weighted by Gasteiger charge is -2.52. The lowest BCUT2D eigenvalue weighted by atomic mass is 9.76. The first kappa shape index (κ1) is 15.6. The van der Waals surface area contributed by atoms with Gasteiger partial charge in [0.25, 0.3) is 0 Å². The van der Waals surface area contributed by atoms with Crippen LogP contribution in [0, 0.1) is 17.7 Å². The highest BCUT2D eigenvalue weighted by atomic mass is 19.1. The lowest BCUT2D eigenvalue weighted by molar-refractivity contribution is -0.148. The molecule has 1 aromatic carbocycles. The second kappa shape index (κ2) is 6.19. The van der Waals surface area contributed by atoms with Crippen LogP contribution in [-0.4, -0.2) is 47.3 Å². The Balaban J connectivity index is 1.45. The van der Waals surface area contributed by atoms with Crippen LogP contribution in [0.2, 0.25) is 0 Å². The molecule has 24 heavy (non-hydrogen) atoms. The molecule has 0 N–H and O–H groups in total. The van der Waals surface area contributed by atoms with Crippen LogP contribution in [-0.2, 0) is 16.0 Å². The summed E-state index contributed by atoms with van der Waals surface area (Å²) >= 11 is 0. The molecule has 1 aromatic rings. The number of carbonyl (C=O) groups excluding carboxylic acids is 2. The number of halogens is 1. The molecule has 3 aliphatic rings. The van der Waals surface area contributed by atoms with Crippen LogP contribution < -0.4 is 0 Å². The molecule has 0 unspecified atom stereocenters. The highest BCUT2D eigenvalue weighted by molar-refractivity contribution is 5.79. The van der Waals surface area contributed by atoms with E-state index in [0.29, 0.717) is 30.2 Å². The van der Waals surface area contributed by atoms with Crippen LogP contribution in [0.15, 0.2) is 24.3 Å². The minimum Gasteiger partial charge on any atom is -0.342 e. The molecule has 0 spiro atoms. The van der Waals surface area contributed by atoms with Crippen molar-refractivity contribution >= 4 is 11.8 Å². The van der Waals surface area contributed by atoms with E-state index in [9.17, 15) is 14.0 Å². The van der Waals surface area contributed by atoms with Gasteiger partial charge in [-0.05, 0) is 48.8 Å². The predicted molar refractivity (Wildman–Crippen MR) is 87.6 cm³/mol. The van der Waals surface area contributed by atoms with Crippen molar-refractivity contribution in [2.75, 3.05) is 19.6 Å². The third kappa shape index (κ3) is 2.92. The third-order valence-electron chi connectivity index (χ3n) is 5.78. The normalized spacial score (nSPS) is 29.4. The van der Waals surface area contributed by atoms with Crippen molar-refractivity contribution in [3.8, 4) is 0 Å². The fourth-order valence-electron chi connectivity index (χ4n) is 4.75. The van der Waals surface area contributed by atoms with Gasteiger partial charge in [-0.15, -0.1) is 0 Å². The molecule has 4 rings (SSSR count). The molecule has 0 radical (unpaired) electrons. The number of fused-ring (bicyclic) bond motifs is 4. The second-order valence-corrected chi connectivity index (χ2v) is 7.47. The largest absolute Gasteiger partial charge is 0.342 e. The molecule has 5 heteroatoms. The van der Waals surface area contributed by atoms with E-state index < -0.39 is 0 Å². The number of carbonyl (C=O) groups is 2. The van der Waals surface area contributed by atoms with Gasteiger partial charge in [0.2, 0.25) is 11.8 Å². The molecule has 3 saturated heterocycles. The Morgan fingerprint density at radius 2 is 2.12 bits per heavy atom. The molecule has 3 aliphatic heterocycles. The number of amides is 2. The summed E-state index contributed by atoms with van der Waals surface area (Å²) in [6, 6.07) is 6.59. The van der Waals surface area contributed by atoms with E-state index in [1.807, 2.05) is 4.90 Å². The van der Waals surface area contributed by atoms with Gasteiger partial charge in [-0.25, -0.2) is 4.39 Å². The van der Waals surface area contributed by atoms with Crippen LogP contribution in [0.4, 0.5) is 4.39 Å². The zero-order chi connectivity index (χ0) is 16.7. The average Bonchev–Trinajstić information content (AvgIpc) is 2.56. The van der Waals surface area contributed by atoms with Crippen molar-refractivity contribution < 1.29 is 14.0 Å². The molecule has 2 amide bonds. The first-order valence-corrected chi connectivity index (χ1v) is 8.92. The lowest BCUT2D eigenvalue weighted by Crippen LogP contribution is -2.61. The molecule has 0 aromatic heterocycles. The van der Waals surface area contributed by atoms with Gasteiger partial charge in [0, 0.05) is 32.1 Å². The molecular formula is C19H23FN2O2. The SMILES string of the molecule is O=C(Cc1cccc(F)c1)N1C[C@H]2C[C@H](C1)[C@H]1CCCC(=O)N1C2. The number of hydrogen-bond donors (Lipinski definition) is 0. The Morgan fingerprint density at radius 3 is 2.96 bits per heavy atom. The van der Waals surface area contributed by atoms with E-state index in [2.05, 4.69) is 4.90 Å². The van der Waals surface area contributed by atoms with E-state index in [0.717, 1.165) is 44.5 Å². The highest BCUT2D eigenvalue weighted by Crippen LogP contribution is 2.38. The average molecular weight is 330 g/mol. The Bertz CT molecular complexity index is 663. The summed E-state index contributed by atoms with van der Waals surface area (Å²) in [6.07, 6.45) is 4.09. The van der Waals surface area contributed by atoms with Crippen molar-refractivity contribution in [2.45, 2.75) is 38.1 Å². The molecule has 3 fully saturated rings. The van der Waals surface area contributed by atoms with Gasteiger partial charge in [-0.2, -0.15) is 0 Å². The summed E-state index contributed by atoms with van der Waals surface area (Å²) in [5, 5.41) is 0. The quantitative estimate of drug-likeness (QED) is 0.834. The van der Waals surface area contributed by atoms with Gasteiger partial charge in [-0.3, -0.25) is 9.59 Å². The Hall–Kier alpha value is -1.91. The minimum atomic E-state index is -0.299. The van der Waals surface area contributed by atoms with E-state index in [1.54, 1.807) is 12.1 Å². The number of hydrogen-bond acceptors (Lipinski definition) is 2. The van der Waals surface area contributed by atoms with Crippen LogP contribution in [0.3, 0.4) is 0 Å². The molecular weight excluding hydrogens is 307 g/mol. The maximum Gasteiger partial charge on any atom is 0.227 e. The summed E-state index contributed by atoms with van der Waals surface area (Å²) in [6.45, 7) is 2.25. The summed E-state index contributed by atoms with van der Waals surface area (Å²) in [5.74, 6) is 0.857. The Morgan fingerprint density at radius 1 is 1.25 bits per heavy atom. The summed E-state index contributed by atoms with van der Waals surface area (Å²) in [4.78, 5) is 28.8. The van der Waals surface area contributed by atoms with E-state index in [1.165, 1.54) is 12.1 Å². The van der Waals surface area contributed by atoms with Crippen LogP contribution in [0.5, 0.6) is 0 Å². The topological polar surface area (TPSA) is 40.6 Å². The highest BCUT2D eigenvalue weighted by Gasteiger charge is 2.44. The molecule has 4 nitrogen and oxygen atoms in total. The number of piperidine rings is 3. The number of likely N-dealkylation sites (tertiary alicyclic amines) is 1. The Kier molecular flexibility index (Phi) is 4.02. The maximum absolute atomic E-state index is 13.3. The number of rotatable bonds is 2. The van der Waals surface area contributed by atoms with Gasteiger partial charge < -0.3 is 9.80 Å². The van der Waals surface area contributed by atoms with E-state index in [-0.39, 0.29) is 18.1 Å². The van der Waals surface area contributed by atoms with Crippen molar-refractivity contribution in [2.24, 2.45) is 11.8 Å².